The van der Waals surface area contributed by atoms with Gasteiger partial charge in [0.2, 0.25) is 0 Å². The Balaban J connectivity index is 1.87. The predicted octanol–water partition coefficient (Wildman–Crippen LogP) is 1.97. The van der Waals surface area contributed by atoms with Crippen molar-refractivity contribution in [2.24, 2.45) is 0 Å². The molecule has 1 aliphatic heterocycles. The van der Waals surface area contributed by atoms with Crippen LogP contribution < -0.4 is 5.32 Å². The molecule has 4 nitrogen and oxygen atoms in total. The predicted molar refractivity (Wildman–Crippen MR) is 79.5 cm³/mol. The lowest BCUT2D eigenvalue weighted by Gasteiger charge is -2.39. The quantitative estimate of drug-likeness (QED) is 0.835. The Kier molecular flexibility index (Phi) is 5.56. The monoisotopic (exact) mass is 276 g/mol. The summed E-state index contributed by atoms with van der Waals surface area (Å²) in [6.07, 6.45) is 1.36. The van der Waals surface area contributed by atoms with E-state index in [0.717, 1.165) is 26.1 Å². The summed E-state index contributed by atoms with van der Waals surface area (Å²) in [4.78, 5) is 13.6. The maximum atomic E-state index is 11.2. The molecular weight excluding hydrogens is 252 g/mol. The summed E-state index contributed by atoms with van der Waals surface area (Å²) in [5.74, 6) is -0.118. The topological polar surface area (TPSA) is 41.6 Å². The van der Waals surface area contributed by atoms with Crippen LogP contribution in [0, 0.1) is 0 Å². The number of carbonyl (C=O) groups is 1. The molecule has 0 bridgehead atoms. The molecule has 0 aromatic heterocycles. The highest BCUT2D eigenvalue weighted by molar-refractivity contribution is 5.69. The van der Waals surface area contributed by atoms with Crippen molar-refractivity contribution in [3.05, 3.63) is 35.9 Å². The number of ether oxygens (including phenoxy) is 1. The molecule has 0 spiro atoms. The molecule has 0 saturated carbocycles. The van der Waals surface area contributed by atoms with E-state index in [1.54, 1.807) is 0 Å². The maximum Gasteiger partial charge on any atom is 0.305 e. The van der Waals surface area contributed by atoms with Crippen LogP contribution in [0.2, 0.25) is 0 Å². The first-order valence-electron chi connectivity index (χ1n) is 7.30. The minimum absolute atomic E-state index is 0.118. The van der Waals surface area contributed by atoms with Gasteiger partial charge in [-0.1, -0.05) is 30.3 Å². The number of nitrogens with zero attached hydrogens (tertiary/aromatic N) is 1. The fourth-order valence-electron chi connectivity index (χ4n) is 2.67. The minimum Gasteiger partial charge on any atom is -0.469 e. The molecule has 0 unspecified atom stereocenters. The standard InChI is InChI=1S/C16H24N2O2/c1-13-11-17-15(14-7-4-3-5-8-14)12-18(13)10-6-9-16(19)20-2/h3-5,7-8,13,15,17H,6,9-12H2,1-2H3/t13-,15-/m1/s1. The summed E-state index contributed by atoms with van der Waals surface area (Å²) in [6.45, 7) is 5.15. The summed E-state index contributed by atoms with van der Waals surface area (Å²) in [7, 11) is 1.45. The molecule has 1 aromatic rings. The van der Waals surface area contributed by atoms with E-state index in [0.29, 0.717) is 18.5 Å². The molecule has 20 heavy (non-hydrogen) atoms. The molecule has 1 aromatic carbocycles. The first-order chi connectivity index (χ1) is 9.70. The first kappa shape index (κ1) is 15.0. The summed E-state index contributed by atoms with van der Waals surface area (Å²) in [5, 5.41) is 3.59. The van der Waals surface area contributed by atoms with Crippen LogP contribution in [0.3, 0.4) is 0 Å². The lowest BCUT2D eigenvalue weighted by atomic mass is 10.0. The Labute approximate surface area is 121 Å². The maximum absolute atomic E-state index is 11.2. The van der Waals surface area contributed by atoms with Gasteiger partial charge in [0.25, 0.3) is 0 Å². The normalized spacial score (nSPS) is 23.5. The SMILES string of the molecule is COC(=O)CCCN1C[C@H](c2ccccc2)NC[C@H]1C. The zero-order valence-corrected chi connectivity index (χ0v) is 12.3. The van der Waals surface area contributed by atoms with Gasteiger partial charge in [-0.15, -0.1) is 0 Å². The van der Waals surface area contributed by atoms with Crippen molar-refractivity contribution in [1.82, 2.24) is 10.2 Å². The van der Waals surface area contributed by atoms with Crippen molar-refractivity contribution in [3.8, 4) is 0 Å². The van der Waals surface area contributed by atoms with Crippen molar-refractivity contribution in [2.45, 2.75) is 31.8 Å². The van der Waals surface area contributed by atoms with E-state index < -0.39 is 0 Å². The van der Waals surface area contributed by atoms with Gasteiger partial charge >= 0.3 is 5.97 Å². The average Bonchev–Trinajstić information content (AvgIpc) is 2.49. The molecule has 1 aliphatic rings. The van der Waals surface area contributed by atoms with E-state index >= 15 is 0 Å². The van der Waals surface area contributed by atoms with Crippen molar-refractivity contribution in [1.29, 1.82) is 0 Å². The van der Waals surface area contributed by atoms with Crippen molar-refractivity contribution in [3.63, 3.8) is 0 Å². The van der Waals surface area contributed by atoms with Crippen LogP contribution in [0.4, 0.5) is 0 Å². The van der Waals surface area contributed by atoms with Crippen LogP contribution in [0.5, 0.6) is 0 Å². The summed E-state index contributed by atoms with van der Waals surface area (Å²) < 4.78 is 4.69. The third kappa shape index (κ3) is 4.05. The zero-order chi connectivity index (χ0) is 14.4. The summed E-state index contributed by atoms with van der Waals surface area (Å²) in [6, 6.07) is 11.4. The molecular formula is C16H24N2O2. The zero-order valence-electron chi connectivity index (χ0n) is 12.3. The lowest BCUT2D eigenvalue weighted by molar-refractivity contribution is -0.140. The number of nitrogens with one attached hydrogen (secondary N) is 1. The van der Waals surface area contributed by atoms with Gasteiger partial charge < -0.3 is 10.1 Å². The molecule has 110 valence electrons. The van der Waals surface area contributed by atoms with E-state index in [2.05, 4.69) is 46.1 Å². The van der Waals surface area contributed by atoms with Crippen LogP contribution >= 0.6 is 0 Å². The Bertz CT molecular complexity index is 422. The van der Waals surface area contributed by atoms with E-state index in [1.165, 1.54) is 12.7 Å². The molecule has 2 rings (SSSR count). The van der Waals surface area contributed by atoms with Gasteiger partial charge in [0, 0.05) is 31.6 Å². The smallest absolute Gasteiger partial charge is 0.305 e. The van der Waals surface area contributed by atoms with Gasteiger partial charge in [0.05, 0.1) is 7.11 Å². The fourth-order valence-corrected chi connectivity index (χ4v) is 2.67. The number of piperazine rings is 1. The number of rotatable bonds is 5. The van der Waals surface area contributed by atoms with Crippen LogP contribution in [-0.4, -0.2) is 43.7 Å². The van der Waals surface area contributed by atoms with Crippen molar-refractivity contribution >= 4 is 5.97 Å². The number of carbonyl (C=O) groups excluding carboxylic acids is 1. The molecule has 4 heteroatoms. The fraction of sp³-hybridized carbons (Fsp3) is 0.562. The van der Waals surface area contributed by atoms with E-state index in [1.807, 2.05) is 6.07 Å². The Morgan fingerprint density at radius 1 is 1.40 bits per heavy atom. The number of hydrogen-bond donors (Lipinski definition) is 1. The van der Waals surface area contributed by atoms with Crippen LogP contribution in [0.15, 0.2) is 30.3 Å². The van der Waals surface area contributed by atoms with Crippen LogP contribution in [-0.2, 0) is 9.53 Å². The average molecular weight is 276 g/mol. The first-order valence-corrected chi connectivity index (χ1v) is 7.30. The third-order valence-corrected chi connectivity index (χ3v) is 3.96. The van der Waals surface area contributed by atoms with Gasteiger partial charge in [0.1, 0.15) is 0 Å². The van der Waals surface area contributed by atoms with Crippen LogP contribution in [0.25, 0.3) is 0 Å². The Morgan fingerprint density at radius 3 is 2.85 bits per heavy atom. The molecule has 0 radical (unpaired) electrons. The largest absolute Gasteiger partial charge is 0.469 e. The molecule has 1 fully saturated rings. The number of benzene rings is 1. The number of methoxy groups -OCH3 is 1. The highest BCUT2D eigenvalue weighted by Crippen LogP contribution is 2.20. The highest BCUT2D eigenvalue weighted by Gasteiger charge is 2.25. The van der Waals surface area contributed by atoms with Gasteiger partial charge in [-0.3, -0.25) is 9.69 Å². The van der Waals surface area contributed by atoms with Gasteiger partial charge in [-0.25, -0.2) is 0 Å². The van der Waals surface area contributed by atoms with E-state index in [-0.39, 0.29) is 5.97 Å². The van der Waals surface area contributed by atoms with E-state index in [4.69, 9.17) is 0 Å². The number of hydrogen-bond acceptors (Lipinski definition) is 4. The van der Waals surface area contributed by atoms with Crippen LogP contribution in [0.1, 0.15) is 31.4 Å². The molecule has 1 heterocycles. The molecule has 0 aliphatic carbocycles. The molecule has 1 N–H and O–H groups in total. The van der Waals surface area contributed by atoms with Gasteiger partial charge in [0.15, 0.2) is 0 Å². The molecule has 0 amide bonds. The molecule has 2 atom stereocenters. The third-order valence-electron chi connectivity index (χ3n) is 3.96. The Morgan fingerprint density at radius 2 is 2.15 bits per heavy atom. The van der Waals surface area contributed by atoms with Gasteiger partial charge in [-0.2, -0.15) is 0 Å². The van der Waals surface area contributed by atoms with Crippen molar-refractivity contribution < 1.29 is 9.53 Å². The summed E-state index contributed by atoms with van der Waals surface area (Å²) >= 11 is 0. The summed E-state index contributed by atoms with van der Waals surface area (Å²) in [5.41, 5.74) is 1.33. The van der Waals surface area contributed by atoms with Gasteiger partial charge in [-0.05, 0) is 25.5 Å². The molecule has 1 saturated heterocycles. The minimum atomic E-state index is -0.118. The second-order valence-corrected chi connectivity index (χ2v) is 5.40. The van der Waals surface area contributed by atoms with Crippen molar-refractivity contribution in [2.75, 3.05) is 26.7 Å². The highest BCUT2D eigenvalue weighted by atomic mass is 16.5. The lowest BCUT2D eigenvalue weighted by Crippen LogP contribution is -2.51. The van der Waals surface area contributed by atoms with E-state index in [9.17, 15) is 4.79 Å². The number of esters is 1. The second-order valence-electron chi connectivity index (χ2n) is 5.40. The second kappa shape index (κ2) is 7.41. The Hall–Kier alpha value is -1.39.